The van der Waals surface area contributed by atoms with Crippen molar-refractivity contribution in [2.24, 2.45) is 0 Å². The first-order valence-corrected chi connectivity index (χ1v) is 10.1. The highest BCUT2D eigenvalue weighted by molar-refractivity contribution is 7.99. The van der Waals surface area contributed by atoms with E-state index in [2.05, 4.69) is 0 Å². The highest BCUT2D eigenvalue weighted by Crippen LogP contribution is 2.32. The molecule has 0 spiro atoms. The van der Waals surface area contributed by atoms with Gasteiger partial charge in [0.1, 0.15) is 18.5 Å². The predicted molar refractivity (Wildman–Crippen MR) is 102 cm³/mol. The number of aliphatic hydroxyl groups excluding tert-OH is 1. The number of alkyl halides is 3. The van der Waals surface area contributed by atoms with E-state index in [1.165, 1.54) is 28.8 Å². The van der Waals surface area contributed by atoms with Crippen LogP contribution in [0.3, 0.4) is 0 Å². The topological polar surface area (TPSA) is 27.9 Å². The van der Waals surface area contributed by atoms with Gasteiger partial charge in [0.2, 0.25) is 0 Å². The highest BCUT2D eigenvalue weighted by Gasteiger charge is 2.30. The summed E-state index contributed by atoms with van der Waals surface area (Å²) in [5.41, 5.74) is -0.0796. The summed E-state index contributed by atoms with van der Waals surface area (Å²) in [5, 5.41) is 10.3. The number of nitrogens with zero attached hydrogens (tertiary/aromatic N) is 1. The minimum Gasteiger partial charge on any atom is -0.386 e. The van der Waals surface area contributed by atoms with Crippen LogP contribution < -0.4 is 9.80 Å². The Morgan fingerprint density at radius 1 is 1.07 bits per heavy atom. The van der Waals surface area contributed by atoms with Gasteiger partial charge in [-0.05, 0) is 30.3 Å². The number of hydrogen-bond donors (Lipinski definition) is 2. The van der Waals surface area contributed by atoms with Crippen LogP contribution in [0, 0.1) is 5.82 Å². The summed E-state index contributed by atoms with van der Waals surface area (Å²) < 4.78 is 52.2. The summed E-state index contributed by atoms with van der Waals surface area (Å²) in [4.78, 5) is 3.71. The lowest BCUT2D eigenvalue weighted by Crippen LogP contribution is -3.16. The molecule has 152 valence electrons. The van der Waals surface area contributed by atoms with Crippen LogP contribution in [0.15, 0.2) is 53.4 Å². The van der Waals surface area contributed by atoms with E-state index < -0.39 is 17.8 Å². The van der Waals surface area contributed by atoms with Crippen LogP contribution in [0.1, 0.15) is 5.56 Å². The molecule has 0 radical (unpaired) electrons. The molecule has 0 aromatic heterocycles. The molecule has 1 aliphatic heterocycles. The Labute approximate surface area is 166 Å². The van der Waals surface area contributed by atoms with Crippen molar-refractivity contribution in [2.75, 3.05) is 43.4 Å². The first kappa shape index (κ1) is 21.0. The third kappa shape index (κ3) is 5.62. The van der Waals surface area contributed by atoms with Crippen molar-refractivity contribution in [1.82, 2.24) is 0 Å². The molecule has 8 heteroatoms. The number of piperazine rings is 1. The molecule has 1 heterocycles. The molecule has 0 bridgehead atoms. The Hall–Kier alpha value is -1.77. The summed E-state index contributed by atoms with van der Waals surface area (Å²) in [6.45, 7) is 3.48. The second kappa shape index (κ2) is 9.15. The molecular formula is C20H23F4N2OS+. The molecule has 0 saturated carbocycles. The first-order valence-electron chi connectivity index (χ1n) is 9.14. The summed E-state index contributed by atoms with van der Waals surface area (Å²) in [7, 11) is 0. The maximum atomic E-state index is 13.9. The second-order valence-electron chi connectivity index (χ2n) is 6.88. The number of para-hydroxylation sites is 1. The summed E-state index contributed by atoms with van der Waals surface area (Å²) in [5.74, 6) is 0.102. The number of rotatable bonds is 6. The van der Waals surface area contributed by atoms with Gasteiger partial charge in [0, 0.05) is 10.6 Å². The average molecular weight is 415 g/mol. The molecule has 0 aliphatic carbocycles. The molecule has 1 saturated heterocycles. The third-order valence-electron chi connectivity index (χ3n) is 4.79. The van der Waals surface area contributed by atoms with Crippen LogP contribution in [-0.4, -0.2) is 49.7 Å². The Kier molecular flexibility index (Phi) is 6.85. The Morgan fingerprint density at radius 2 is 1.79 bits per heavy atom. The Balaban J connectivity index is 1.45. The number of anilines is 1. The largest absolute Gasteiger partial charge is 0.416 e. The lowest BCUT2D eigenvalue weighted by molar-refractivity contribution is -0.903. The minimum absolute atomic E-state index is 0.233. The fourth-order valence-electron chi connectivity index (χ4n) is 3.32. The van der Waals surface area contributed by atoms with Crippen molar-refractivity contribution in [3.8, 4) is 0 Å². The van der Waals surface area contributed by atoms with Gasteiger partial charge >= 0.3 is 6.18 Å². The van der Waals surface area contributed by atoms with E-state index in [4.69, 9.17) is 0 Å². The van der Waals surface area contributed by atoms with Crippen molar-refractivity contribution < 1.29 is 27.6 Å². The van der Waals surface area contributed by atoms with Crippen molar-refractivity contribution in [3.05, 3.63) is 59.9 Å². The minimum atomic E-state index is -4.36. The standard InChI is InChI=1S/C20H22F4N2OS/c21-18-6-1-2-7-19(18)26-10-8-25(9-11-26)13-16(27)14-28-17-5-3-4-15(12-17)20(22,23)24/h1-7,12,16,27H,8-11,13-14H2/p+1/t16-/m1/s1. The van der Waals surface area contributed by atoms with Gasteiger partial charge in [-0.2, -0.15) is 13.2 Å². The molecular weight excluding hydrogens is 392 g/mol. The van der Waals surface area contributed by atoms with Gasteiger partial charge in [-0.3, -0.25) is 0 Å². The Morgan fingerprint density at radius 3 is 2.46 bits per heavy atom. The molecule has 0 amide bonds. The normalized spacial score (nSPS) is 17.0. The van der Waals surface area contributed by atoms with E-state index in [1.807, 2.05) is 11.0 Å². The van der Waals surface area contributed by atoms with E-state index in [1.54, 1.807) is 18.2 Å². The molecule has 3 nitrogen and oxygen atoms in total. The van der Waals surface area contributed by atoms with Crippen LogP contribution in [0.4, 0.5) is 23.2 Å². The summed E-state index contributed by atoms with van der Waals surface area (Å²) in [6.07, 6.45) is -4.98. The maximum absolute atomic E-state index is 13.9. The predicted octanol–water partition coefficient (Wildman–Crippen LogP) is 2.70. The van der Waals surface area contributed by atoms with Crippen LogP contribution in [0.5, 0.6) is 0 Å². The number of aliphatic hydroxyl groups is 1. The maximum Gasteiger partial charge on any atom is 0.416 e. The quantitative estimate of drug-likeness (QED) is 0.561. The van der Waals surface area contributed by atoms with E-state index in [0.29, 0.717) is 36.0 Å². The number of thioether (sulfide) groups is 1. The third-order valence-corrected chi connectivity index (χ3v) is 5.93. The van der Waals surface area contributed by atoms with Gasteiger partial charge in [-0.1, -0.05) is 18.2 Å². The van der Waals surface area contributed by atoms with Crippen LogP contribution in [-0.2, 0) is 6.18 Å². The Bertz CT molecular complexity index is 779. The van der Waals surface area contributed by atoms with Crippen molar-refractivity contribution >= 4 is 17.4 Å². The molecule has 1 atom stereocenters. The molecule has 0 unspecified atom stereocenters. The molecule has 1 aliphatic rings. The molecule has 2 aromatic carbocycles. The van der Waals surface area contributed by atoms with E-state index in [0.717, 1.165) is 25.2 Å². The number of nitrogens with one attached hydrogen (secondary N) is 1. The van der Waals surface area contributed by atoms with Crippen LogP contribution in [0.25, 0.3) is 0 Å². The zero-order valence-electron chi connectivity index (χ0n) is 15.3. The molecule has 1 fully saturated rings. The van der Waals surface area contributed by atoms with Crippen molar-refractivity contribution in [1.29, 1.82) is 0 Å². The second-order valence-corrected chi connectivity index (χ2v) is 7.98. The van der Waals surface area contributed by atoms with Crippen LogP contribution >= 0.6 is 11.8 Å². The van der Waals surface area contributed by atoms with Crippen LogP contribution in [0.2, 0.25) is 0 Å². The zero-order valence-corrected chi connectivity index (χ0v) is 16.1. The van der Waals surface area contributed by atoms with E-state index >= 15 is 0 Å². The fraction of sp³-hybridized carbons (Fsp3) is 0.400. The van der Waals surface area contributed by atoms with Gasteiger partial charge in [0.25, 0.3) is 0 Å². The number of benzene rings is 2. The van der Waals surface area contributed by atoms with Gasteiger partial charge in [0.05, 0.1) is 37.4 Å². The SMILES string of the molecule is O[C@@H](CSc1cccc(C(F)(F)F)c1)C[NH+]1CCN(c2ccccc2F)CC1. The van der Waals surface area contributed by atoms with Gasteiger partial charge in [-0.25, -0.2) is 4.39 Å². The lowest BCUT2D eigenvalue weighted by atomic mass is 10.2. The van der Waals surface area contributed by atoms with Gasteiger partial charge in [0.15, 0.2) is 0 Å². The number of quaternary nitrogens is 1. The first-order chi connectivity index (χ1) is 13.3. The smallest absolute Gasteiger partial charge is 0.386 e. The van der Waals surface area contributed by atoms with Crippen molar-refractivity contribution in [2.45, 2.75) is 17.2 Å². The summed E-state index contributed by atoms with van der Waals surface area (Å²) >= 11 is 1.22. The molecule has 28 heavy (non-hydrogen) atoms. The number of halogens is 4. The summed E-state index contributed by atoms with van der Waals surface area (Å²) in [6, 6.07) is 11.8. The van der Waals surface area contributed by atoms with Gasteiger partial charge < -0.3 is 14.9 Å². The number of hydrogen-bond acceptors (Lipinski definition) is 3. The molecule has 2 N–H and O–H groups in total. The van der Waals surface area contributed by atoms with Crippen molar-refractivity contribution in [3.63, 3.8) is 0 Å². The zero-order chi connectivity index (χ0) is 20.1. The molecule has 3 rings (SSSR count). The highest BCUT2D eigenvalue weighted by atomic mass is 32.2. The average Bonchev–Trinajstić information content (AvgIpc) is 2.67. The molecule has 2 aromatic rings. The van der Waals surface area contributed by atoms with Gasteiger partial charge in [-0.15, -0.1) is 11.8 Å². The monoisotopic (exact) mass is 415 g/mol. The fourth-order valence-corrected chi connectivity index (χ4v) is 4.21. The van der Waals surface area contributed by atoms with E-state index in [-0.39, 0.29) is 5.82 Å². The lowest BCUT2D eigenvalue weighted by Gasteiger charge is -2.34. The van der Waals surface area contributed by atoms with E-state index in [9.17, 15) is 22.7 Å².